The zero-order valence-electron chi connectivity index (χ0n) is 17.5. The Balaban J connectivity index is 1.97. The Bertz CT molecular complexity index is 1150. The van der Waals surface area contributed by atoms with Crippen LogP contribution in [0.3, 0.4) is 0 Å². The largest absolute Gasteiger partial charge is 0.493 e. The Morgan fingerprint density at radius 1 is 1.00 bits per heavy atom. The highest BCUT2D eigenvalue weighted by Crippen LogP contribution is 2.41. The van der Waals surface area contributed by atoms with Gasteiger partial charge in [0.1, 0.15) is 6.61 Å². The third-order valence-electron chi connectivity index (χ3n) is 4.73. The number of halogens is 5. The number of nitrogens with zero attached hydrogens (tertiary/aromatic N) is 1. The van der Waals surface area contributed by atoms with E-state index in [0.29, 0.717) is 5.56 Å². The van der Waals surface area contributed by atoms with E-state index in [1.807, 2.05) is 0 Å². The normalized spacial score (nSPS) is 11.2. The number of Topliss-reactive ketones (excluding diaryl/α,β-unsaturated/α-hetero) is 1. The van der Waals surface area contributed by atoms with Crippen molar-refractivity contribution in [3.63, 3.8) is 0 Å². The molecular formula is C23H18Cl2F3NO4. The van der Waals surface area contributed by atoms with E-state index in [0.717, 1.165) is 12.1 Å². The van der Waals surface area contributed by atoms with Gasteiger partial charge in [0.25, 0.3) is 0 Å². The number of ketones is 1. The lowest BCUT2D eigenvalue weighted by Gasteiger charge is -2.18. The van der Waals surface area contributed by atoms with E-state index in [-0.39, 0.29) is 51.4 Å². The second kappa shape index (κ2) is 10.3. The Labute approximate surface area is 198 Å². The summed E-state index contributed by atoms with van der Waals surface area (Å²) in [4.78, 5) is 17.0. The minimum absolute atomic E-state index is 0.0283. The topological polar surface area (TPSA) is 57.7 Å². The molecule has 0 fully saturated rings. The lowest BCUT2D eigenvalue weighted by atomic mass is 10.0. The summed E-state index contributed by atoms with van der Waals surface area (Å²) in [5.74, 6) is 0.0425. The number of hydrogen-bond acceptors (Lipinski definition) is 5. The number of carbonyl (C=O) groups excluding carboxylic acids is 1. The smallest absolute Gasteiger partial charge is 0.416 e. The molecule has 1 aromatic heterocycles. The fourth-order valence-electron chi connectivity index (χ4n) is 3.12. The number of aromatic nitrogens is 1. The van der Waals surface area contributed by atoms with Gasteiger partial charge < -0.3 is 14.2 Å². The third-order valence-corrected chi connectivity index (χ3v) is 5.38. The van der Waals surface area contributed by atoms with Crippen molar-refractivity contribution in [2.45, 2.75) is 19.2 Å². The Hall–Kier alpha value is -2.97. The van der Waals surface area contributed by atoms with Gasteiger partial charge in [0.05, 0.1) is 35.4 Å². The average molecular weight is 500 g/mol. The Morgan fingerprint density at radius 2 is 1.70 bits per heavy atom. The summed E-state index contributed by atoms with van der Waals surface area (Å²) in [6.45, 7) is -0.246. The summed E-state index contributed by atoms with van der Waals surface area (Å²) in [5, 5.41) is 0.450. The van der Waals surface area contributed by atoms with Crippen molar-refractivity contribution in [3.05, 3.63) is 81.1 Å². The molecule has 5 nitrogen and oxygen atoms in total. The molecular weight excluding hydrogens is 482 g/mol. The average Bonchev–Trinajstić information content (AvgIpc) is 2.78. The van der Waals surface area contributed by atoms with Crippen LogP contribution >= 0.6 is 23.2 Å². The van der Waals surface area contributed by atoms with Gasteiger partial charge in [0, 0.05) is 24.4 Å². The molecule has 0 spiro atoms. The lowest BCUT2D eigenvalue weighted by molar-refractivity contribution is -0.137. The van der Waals surface area contributed by atoms with Gasteiger partial charge >= 0.3 is 6.18 Å². The van der Waals surface area contributed by atoms with Crippen LogP contribution in [0.5, 0.6) is 17.2 Å². The molecule has 33 heavy (non-hydrogen) atoms. The molecule has 0 atom stereocenters. The molecule has 0 amide bonds. The highest BCUT2D eigenvalue weighted by atomic mass is 35.5. The molecule has 0 radical (unpaired) electrons. The molecule has 0 aliphatic rings. The summed E-state index contributed by atoms with van der Waals surface area (Å²) in [5.41, 5.74) is -0.0340. The Kier molecular flexibility index (Phi) is 7.71. The maximum atomic E-state index is 13.1. The first kappa shape index (κ1) is 24.7. The molecule has 10 heteroatoms. The molecule has 2 aromatic carbocycles. The quantitative estimate of drug-likeness (QED) is 0.334. The molecule has 0 aliphatic carbocycles. The van der Waals surface area contributed by atoms with Crippen molar-refractivity contribution in [2.24, 2.45) is 0 Å². The molecule has 3 rings (SSSR count). The molecule has 0 aliphatic heterocycles. The zero-order valence-corrected chi connectivity index (χ0v) is 19.0. The fourth-order valence-corrected chi connectivity index (χ4v) is 3.62. The number of ether oxygens (including phenoxy) is 3. The van der Waals surface area contributed by atoms with Gasteiger partial charge in [-0.2, -0.15) is 13.2 Å². The van der Waals surface area contributed by atoms with Gasteiger partial charge in [0.15, 0.2) is 17.3 Å². The molecule has 0 N–H and O–H groups in total. The standard InChI is InChI=1S/C23H18Cl2F3NO4/c1-31-20-7-6-15(19(30)9-16-17(24)10-29-11-18(16)25)21(22(20)32-2)33-12-13-4-3-5-14(8-13)23(26,27)28/h3-8,10-11H,9,12H2,1-2H3. The van der Waals surface area contributed by atoms with Crippen LogP contribution in [0.2, 0.25) is 10.0 Å². The predicted molar refractivity (Wildman–Crippen MR) is 118 cm³/mol. The van der Waals surface area contributed by atoms with Crippen molar-refractivity contribution in [1.82, 2.24) is 4.98 Å². The van der Waals surface area contributed by atoms with Crippen molar-refractivity contribution in [1.29, 1.82) is 0 Å². The van der Waals surface area contributed by atoms with E-state index in [4.69, 9.17) is 37.4 Å². The number of hydrogen-bond donors (Lipinski definition) is 0. The van der Waals surface area contributed by atoms with Gasteiger partial charge in [-0.1, -0.05) is 35.3 Å². The van der Waals surface area contributed by atoms with Crippen LogP contribution in [0.15, 0.2) is 48.8 Å². The number of methoxy groups -OCH3 is 2. The zero-order chi connectivity index (χ0) is 24.2. The molecule has 0 unspecified atom stereocenters. The van der Waals surface area contributed by atoms with Crippen LogP contribution in [0.1, 0.15) is 27.0 Å². The van der Waals surface area contributed by atoms with Crippen LogP contribution in [0.25, 0.3) is 0 Å². The van der Waals surface area contributed by atoms with Gasteiger partial charge in [-0.3, -0.25) is 9.78 Å². The van der Waals surface area contributed by atoms with E-state index in [1.54, 1.807) is 0 Å². The maximum Gasteiger partial charge on any atom is 0.416 e. The van der Waals surface area contributed by atoms with Crippen molar-refractivity contribution < 1.29 is 32.2 Å². The van der Waals surface area contributed by atoms with E-state index in [1.165, 1.54) is 50.9 Å². The number of alkyl halides is 3. The van der Waals surface area contributed by atoms with E-state index < -0.39 is 17.5 Å². The van der Waals surface area contributed by atoms with Crippen molar-refractivity contribution in [2.75, 3.05) is 14.2 Å². The van der Waals surface area contributed by atoms with Crippen LogP contribution in [-0.2, 0) is 19.2 Å². The minimum Gasteiger partial charge on any atom is -0.493 e. The van der Waals surface area contributed by atoms with Gasteiger partial charge in [-0.05, 0) is 29.8 Å². The molecule has 0 saturated carbocycles. The molecule has 0 saturated heterocycles. The van der Waals surface area contributed by atoms with Crippen molar-refractivity contribution >= 4 is 29.0 Å². The number of rotatable bonds is 8. The Morgan fingerprint density at radius 3 is 2.30 bits per heavy atom. The first-order valence-corrected chi connectivity index (χ1v) is 10.3. The van der Waals surface area contributed by atoms with Crippen LogP contribution in [-0.4, -0.2) is 25.0 Å². The van der Waals surface area contributed by atoms with Gasteiger partial charge in [0.2, 0.25) is 5.75 Å². The second-order valence-corrected chi connectivity index (χ2v) is 7.66. The van der Waals surface area contributed by atoms with Crippen LogP contribution in [0, 0.1) is 0 Å². The third kappa shape index (κ3) is 5.69. The first-order valence-electron chi connectivity index (χ1n) is 9.50. The lowest BCUT2D eigenvalue weighted by Crippen LogP contribution is -2.10. The number of benzene rings is 2. The summed E-state index contributed by atoms with van der Waals surface area (Å²) in [6.07, 6.45) is -1.91. The molecule has 174 valence electrons. The monoisotopic (exact) mass is 499 g/mol. The summed E-state index contributed by atoms with van der Waals surface area (Å²) in [7, 11) is 2.77. The highest BCUT2D eigenvalue weighted by molar-refractivity contribution is 6.36. The maximum absolute atomic E-state index is 13.1. The first-order chi connectivity index (χ1) is 15.7. The number of carbonyl (C=O) groups is 1. The predicted octanol–water partition coefficient (Wildman–Crippen LogP) is 6.43. The summed E-state index contributed by atoms with van der Waals surface area (Å²) in [6, 6.07) is 7.72. The second-order valence-electron chi connectivity index (χ2n) is 6.85. The number of pyridine rings is 1. The molecule has 3 aromatic rings. The fraction of sp³-hybridized carbons (Fsp3) is 0.217. The van der Waals surface area contributed by atoms with E-state index in [9.17, 15) is 18.0 Å². The summed E-state index contributed by atoms with van der Waals surface area (Å²) >= 11 is 12.3. The minimum atomic E-state index is -4.49. The van der Waals surface area contributed by atoms with Gasteiger partial charge in [-0.25, -0.2) is 0 Å². The highest BCUT2D eigenvalue weighted by Gasteiger charge is 2.30. The van der Waals surface area contributed by atoms with Gasteiger partial charge in [-0.15, -0.1) is 0 Å². The van der Waals surface area contributed by atoms with E-state index in [2.05, 4.69) is 4.98 Å². The summed E-state index contributed by atoms with van der Waals surface area (Å²) < 4.78 is 55.6. The SMILES string of the molecule is COc1ccc(C(=O)Cc2c(Cl)cncc2Cl)c(OCc2cccc(C(F)(F)F)c2)c1OC. The molecule has 1 heterocycles. The van der Waals surface area contributed by atoms with Crippen LogP contribution in [0.4, 0.5) is 13.2 Å². The van der Waals surface area contributed by atoms with Crippen molar-refractivity contribution in [3.8, 4) is 17.2 Å². The molecule has 0 bridgehead atoms. The van der Waals surface area contributed by atoms with E-state index >= 15 is 0 Å². The van der Waals surface area contributed by atoms with Crippen LogP contribution < -0.4 is 14.2 Å².